The zero-order chi connectivity index (χ0) is 10.9. The molecule has 3 N–H and O–H groups in total. The lowest BCUT2D eigenvalue weighted by atomic mass is 10.7. The average Bonchev–Trinajstić information content (AvgIpc) is 2.30. The summed E-state index contributed by atoms with van der Waals surface area (Å²) in [6.45, 7) is 1.27. The van der Waals surface area contributed by atoms with Crippen LogP contribution in [0.5, 0.6) is 0 Å². The van der Waals surface area contributed by atoms with Crippen molar-refractivity contribution in [2.75, 3.05) is 5.32 Å². The Hall–Kier alpha value is -0.700. The first-order valence-electron chi connectivity index (χ1n) is 3.27. The summed E-state index contributed by atoms with van der Waals surface area (Å²) >= 11 is 6.27. The predicted molar refractivity (Wildman–Crippen MR) is 52.8 cm³/mol. The van der Waals surface area contributed by atoms with Gasteiger partial charge in [0, 0.05) is 6.92 Å². The molecular weight excluding hydrogens is 250 g/mol. The van der Waals surface area contributed by atoms with Crippen molar-refractivity contribution in [3.05, 3.63) is 5.15 Å². The van der Waals surface area contributed by atoms with Crippen LogP contribution in [0.4, 0.5) is 5.00 Å². The minimum atomic E-state index is -3.87. The molecule has 6 nitrogen and oxygen atoms in total. The molecule has 1 heterocycles. The maximum atomic E-state index is 10.8. The van der Waals surface area contributed by atoms with E-state index in [2.05, 4.69) is 10.3 Å². The van der Waals surface area contributed by atoms with Crippen LogP contribution >= 0.6 is 22.9 Å². The van der Waals surface area contributed by atoms with Crippen LogP contribution in [-0.2, 0) is 14.8 Å². The van der Waals surface area contributed by atoms with Crippen LogP contribution < -0.4 is 10.5 Å². The monoisotopic (exact) mass is 255 g/mol. The third-order valence-electron chi connectivity index (χ3n) is 1.10. The van der Waals surface area contributed by atoms with Crippen molar-refractivity contribution in [1.82, 2.24) is 4.98 Å². The van der Waals surface area contributed by atoms with Crippen LogP contribution in [0.2, 0.25) is 5.15 Å². The van der Waals surface area contributed by atoms with E-state index in [9.17, 15) is 13.2 Å². The number of aromatic nitrogens is 1. The standard InChI is InChI=1S/C5H6ClN3O3S2/c1-2(10)8-4-3(6)9-5(13-4)14(7,11)12/h1H3,(H,8,10)(H2,7,11,12). The lowest BCUT2D eigenvalue weighted by Crippen LogP contribution is -2.11. The quantitative estimate of drug-likeness (QED) is 0.799. The number of hydrogen-bond donors (Lipinski definition) is 2. The summed E-state index contributed by atoms with van der Waals surface area (Å²) in [5, 5.41) is 7.23. The molecule has 0 fully saturated rings. The summed E-state index contributed by atoms with van der Waals surface area (Å²) in [4.78, 5) is 14.1. The lowest BCUT2D eigenvalue weighted by Gasteiger charge is -1.94. The topological polar surface area (TPSA) is 102 Å². The fourth-order valence-electron chi connectivity index (χ4n) is 0.642. The van der Waals surface area contributed by atoms with Crippen LogP contribution in [-0.4, -0.2) is 19.3 Å². The summed E-state index contributed by atoms with van der Waals surface area (Å²) in [6.07, 6.45) is 0. The van der Waals surface area contributed by atoms with Crippen molar-refractivity contribution >= 4 is 43.9 Å². The number of rotatable bonds is 2. The van der Waals surface area contributed by atoms with Gasteiger partial charge in [0.05, 0.1) is 0 Å². The number of hydrogen-bond acceptors (Lipinski definition) is 5. The Morgan fingerprint density at radius 2 is 2.21 bits per heavy atom. The first-order chi connectivity index (χ1) is 6.30. The molecule has 1 aromatic rings. The third kappa shape index (κ3) is 2.64. The Morgan fingerprint density at radius 3 is 2.57 bits per heavy atom. The predicted octanol–water partition coefficient (Wildman–Crippen LogP) is 0.402. The highest BCUT2D eigenvalue weighted by Crippen LogP contribution is 2.30. The fourth-order valence-corrected chi connectivity index (χ4v) is 2.56. The number of nitrogens with one attached hydrogen (secondary N) is 1. The van der Waals surface area contributed by atoms with Gasteiger partial charge in [0.2, 0.25) is 10.2 Å². The van der Waals surface area contributed by atoms with E-state index >= 15 is 0 Å². The van der Waals surface area contributed by atoms with E-state index in [0.29, 0.717) is 11.3 Å². The molecule has 0 unspecified atom stereocenters. The second kappa shape index (κ2) is 3.81. The molecule has 0 aliphatic heterocycles. The Morgan fingerprint density at radius 1 is 1.64 bits per heavy atom. The van der Waals surface area contributed by atoms with Crippen molar-refractivity contribution in [3.8, 4) is 0 Å². The van der Waals surface area contributed by atoms with E-state index in [-0.39, 0.29) is 20.4 Å². The van der Waals surface area contributed by atoms with E-state index in [1.54, 1.807) is 0 Å². The minimum absolute atomic E-state index is 0.0887. The van der Waals surface area contributed by atoms with Gasteiger partial charge in [-0.05, 0) is 0 Å². The Kier molecular flexibility index (Phi) is 3.10. The molecule has 0 aromatic carbocycles. The second-order valence-electron chi connectivity index (χ2n) is 2.33. The summed E-state index contributed by atoms with van der Waals surface area (Å²) in [5.41, 5.74) is 0. The summed E-state index contributed by atoms with van der Waals surface area (Å²) in [6, 6.07) is 0. The van der Waals surface area contributed by atoms with E-state index in [0.717, 1.165) is 0 Å². The molecule has 9 heteroatoms. The first-order valence-corrected chi connectivity index (χ1v) is 6.01. The first kappa shape index (κ1) is 11.4. The van der Waals surface area contributed by atoms with Crippen LogP contribution in [0, 0.1) is 0 Å². The van der Waals surface area contributed by atoms with Gasteiger partial charge in [0.15, 0.2) is 5.15 Å². The number of amides is 1. The highest BCUT2D eigenvalue weighted by atomic mass is 35.5. The van der Waals surface area contributed by atoms with Gasteiger partial charge in [-0.2, -0.15) is 0 Å². The van der Waals surface area contributed by atoms with Crippen LogP contribution in [0.25, 0.3) is 0 Å². The van der Waals surface area contributed by atoms with Crippen molar-refractivity contribution in [3.63, 3.8) is 0 Å². The van der Waals surface area contributed by atoms with Crippen molar-refractivity contribution < 1.29 is 13.2 Å². The summed E-state index contributed by atoms with van der Waals surface area (Å²) < 4.78 is 21.3. The van der Waals surface area contributed by atoms with Crippen LogP contribution in [0.1, 0.15) is 6.92 Å². The lowest BCUT2D eigenvalue weighted by molar-refractivity contribution is -0.114. The highest BCUT2D eigenvalue weighted by molar-refractivity contribution is 7.91. The van der Waals surface area contributed by atoms with Gasteiger partial charge < -0.3 is 5.32 Å². The molecule has 0 saturated carbocycles. The Bertz CT molecular complexity index is 467. The molecule has 1 aromatic heterocycles. The van der Waals surface area contributed by atoms with Gasteiger partial charge in [-0.3, -0.25) is 4.79 Å². The van der Waals surface area contributed by atoms with Gasteiger partial charge in [-0.1, -0.05) is 22.9 Å². The number of carbonyl (C=O) groups is 1. The minimum Gasteiger partial charge on any atom is -0.315 e. The summed E-state index contributed by atoms with van der Waals surface area (Å²) in [7, 11) is -3.87. The molecule has 0 aliphatic rings. The Balaban J connectivity index is 3.12. The SMILES string of the molecule is CC(=O)Nc1sc(S(N)(=O)=O)nc1Cl. The van der Waals surface area contributed by atoms with Gasteiger partial charge in [-0.25, -0.2) is 18.5 Å². The number of halogens is 1. The molecule has 1 amide bonds. The normalized spacial score (nSPS) is 11.4. The smallest absolute Gasteiger partial charge is 0.265 e. The molecule has 14 heavy (non-hydrogen) atoms. The molecule has 78 valence electrons. The fraction of sp³-hybridized carbons (Fsp3) is 0.200. The van der Waals surface area contributed by atoms with Crippen molar-refractivity contribution in [2.45, 2.75) is 11.3 Å². The number of nitrogens with zero attached hydrogens (tertiary/aromatic N) is 1. The Labute approximate surface area is 89.1 Å². The second-order valence-corrected chi connectivity index (χ2v) is 5.42. The highest BCUT2D eigenvalue weighted by Gasteiger charge is 2.18. The molecule has 0 bridgehead atoms. The molecule has 0 spiro atoms. The maximum Gasteiger partial charge on any atom is 0.265 e. The molecule has 0 aliphatic carbocycles. The van der Waals surface area contributed by atoms with Crippen LogP contribution in [0.15, 0.2) is 4.34 Å². The zero-order valence-electron chi connectivity index (χ0n) is 6.94. The van der Waals surface area contributed by atoms with E-state index in [1.807, 2.05) is 0 Å². The van der Waals surface area contributed by atoms with Gasteiger partial charge in [0.1, 0.15) is 5.00 Å². The molecule has 1 rings (SSSR count). The molecule has 0 radical (unpaired) electrons. The summed E-state index contributed by atoms with van der Waals surface area (Å²) in [5.74, 6) is -0.364. The number of sulfonamides is 1. The zero-order valence-corrected chi connectivity index (χ0v) is 9.33. The van der Waals surface area contributed by atoms with E-state index < -0.39 is 10.0 Å². The van der Waals surface area contributed by atoms with E-state index in [1.165, 1.54) is 6.92 Å². The molecule has 0 saturated heterocycles. The number of thiazole rings is 1. The number of primary sulfonamides is 1. The molecular formula is C5H6ClN3O3S2. The van der Waals surface area contributed by atoms with E-state index in [4.69, 9.17) is 16.7 Å². The number of nitrogens with two attached hydrogens (primary N) is 1. The number of carbonyl (C=O) groups excluding carboxylic acids is 1. The van der Waals surface area contributed by atoms with Gasteiger partial charge in [-0.15, -0.1) is 0 Å². The third-order valence-corrected chi connectivity index (χ3v) is 3.78. The molecule has 0 atom stereocenters. The van der Waals surface area contributed by atoms with Gasteiger partial charge >= 0.3 is 0 Å². The average molecular weight is 256 g/mol. The largest absolute Gasteiger partial charge is 0.315 e. The maximum absolute atomic E-state index is 10.8. The van der Waals surface area contributed by atoms with Crippen molar-refractivity contribution in [1.29, 1.82) is 0 Å². The number of anilines is 1. The van der Waals surface area contributed by atoms with Gasteiger partial charge in [0.25, 0.3) is 10.0 Å². The van der Waals surface area contributed by atoms with Crippen LogP contribution in [0.3, 0.4) is 0 Å². The van der Waals surface area contributed by atoms with Crippen molar-refractivity contribution in [2.24, 2.45) is 5.14 Å².